The molecule has 4 aromatic rings. The van der Waals surface area contributed by atoms with E-state index in [9.17, 15) is 0 Å². The number of nitrogens with zero attached hydrogens (tertiary/aromatic N) is 6. The molecule has 41 heavy (non-hydrogen) atoms. The smallest absolute Gasteiger partial charge is 0.229 e. The maximum atomic E-state index is 16.0. The van der Waals surface area contributed by atoms with Crippen LogP contribution >= 0.6 is 22.8 Å². The quantitative estimate of drug-likeness (QED) is 0.253. The molecule has 2 N–H and O–H groups in total. The topological polar surface area (TPSA) is 102 Å². The molecule has 1 saturated heterocycles. The number of methoxy groups -OCH3 is 1. The van der Waals surface area contributed by atoms with E-state index < -0.39 is 6.89 Å². The lowest BCUT2D eigenvalue weighted by Gasteiger charge is -2.30. The first-order valence-electron chi connectivity index (χ1n) is 13.0. The summed E-state index contributed by atoms with van der Waals surface area (Å²) in [4.78, 5) is 12.8. The van der Waals surface area contributed by atoms with Crippen molar-refractivity contribution in [1.29, 1.82) is 0 Å². The first-order chi connectivity index (χ1) is 19.5. The van der Waals surface area contributed by atoms with Gasteiger partial charge in [-0.3, -0.25) is 0 Å². The summed E-state index contributed by atoms with van der Waals surface area (Å²) >= 11 is 3.54. The molecule has 0 bridgehead atoms. The second-order valence-corrected chi connectivity index (χ2v) is 15.0. The van der Waals surface area contributed by atoms with Gasteiger partial charge in [-0.1, -0.05) is 13.2 Å². The average molecular weight is 644 g/mol. The summed E-state index contributed by atoms with van der Waals surface area (Å²) < 4.78 is 27.8. The van der Waals surface area contributed by atoms with Crippen LogP contribution in [0, 0.1) is 12.7 Å². The number of aryl methyl sites for hydroxylation is 2. The Morgan fingerprint density at radius 3 is 2.54 bits per heavy atom. The minimum absolute atomic E-state index is 0.365. The van der Waals surface area contributed by atoms with Crippen molar-refractivity contribution in [3.05, 3.63) is 52.5 Å². The summed E-state index contributed by atoms with van der Waals surface area (Å²) in [5, 5.41) is 15.5. The Bertz CT molecular complexity index is 1630. The molecule has 216 valence electrons. The number of hydrogen-bond acceptors (Lipinski definition) is 9. The number of aromatic nitrogens is 5. The van der Waals surface area contributed by atoms with Crippen molar-refractivity contribution in [2.75, 3.05) is 62.3 Å². The van der Waals surface area contributed by atoms with Gasteiger partial charge < -0.3 is 25.0 Å². The van der Waals surface area contributed by atoms with Crippen molar-refractivity contribution in [3.8, 4) is 17.0 Å². The van der Waals surface area contributed by atoms with E-state index in [0.717, 1.165) is 35.8 Å². The molecule has 1 aliphatic rings. The van der Waals surface area contributed by atoms with Gasteiger partial charge >= 0.3 is 0 Å². The predicted octanol–water partition coefficient (Wildman–Crippen LogP) is 5.15. The highest BCUT2D eigenvalue weighted by atomic mass is 79.9. The molecule has 0 atom stereocenters. The molecule has 0 saturated carbocycles. The third-order valence-electron chi connectivity index (χ3n) is 6.72. The summed E-state index contributed by atoms with van der Waals surface area (Å²) in [6.07, 6.45) is 7.52. The van der Waals surface area contributed by atoms with E-state index >= 15 is 4.39 Å². The lowest BCUT2D eigenvalue weighted by atomic mass is 10.1. The normalized spacial score (nSPS) is 13.8. The Labute approximate surface area is 247 Å². The van der Waals surface area contributed by atoms with Gasteiger partial charge in [0.05, 0.1) is 42.4 Å². The third kappa shape index (κ3) is 6.24. The first-order valence-corrected chi connectivity index (χ1v) is 16.7. The molecule has 3 heterocycles. The molecule has 0 aliphatic carbocycles. The molecule has 0 spiro atoms. The van der Waals surface area contributed by atoms with Gasteiger partial charge in [-0.2, -0.15) is 20.0 Å². The molecular formula is C28H33BrFN8O2P. The van der Waals surface area contributed by atoms with Crippen LogP contribution in [0.15, 0.2) is 41.1 Å². The number of nitrogens with one attached hydrogen (secondary N) is 2. The van der Waals surface area contributed by atoms with Crippen LogP contribution < -0.4 is 25.6 Å². The number of anilines is 5. The van der Waals surface area contributed by atoms with E-state index in [4.69, 9.17) is 14.5 Å². The van der Waals surface area contributed by atoms with Gasteiger partial charge in [0.15, 0.2) is 0 Å². The maximum Gasteiger partial charge on any atom is 0.229 e. The number of benzene rings is 2. The van der Waals surface area contributed by atoms with Gasteiger partial charge in [-0.15, -0.1) is 0 Å². The molecular weight excluding hydrogens is 610 g/mol. The molecule has 1 aliphatic heterocycles. The molecule has 13 heteroatoms. The Morgan fingerprint density at radius 1 is 1.12 bits per heavy atom. The number of ether oxygens (including phenoxy) is 2. The van der Waals surface area contributed by atoms with E-state index in [1.54, 1.807) is 32.6 Å². The number of morpholine rings is 1. The van der Waals surface area contributed by atoms with Crippen LogP contribution in [-0.4, -0.2) is 78.0 Å². The van der Waals surface area contributed by atoms with Crippen molar-refractivity contribution in [2.24, 2.45) is 7.05 Å². The van der Waals surface area contributed by atoms with E-state index in [0.29, 0.717) is 51.7 Å². The van der Waals surface area contributed by atoms with Gasteiger partial charge in [-0.25, -0.2) is 9.37 Å². The van der Waals surface area contributed by atoms with Crippen LogP contribution in [0.4, 0.5) is 33.2 Å². The molecule has 0 unspecified atom stereocenters. The fourth-order valence-corrected chi connectivity index (χ4v) is 6.43. The van der Waals surface area contributed by atoms with Crippen LogP contribution in [0.2, 0.25) is 0 Å². The zero-order valence-corrected chi connectivity index (χ0v) is 26.2. The van der Waals surface area contributed by atoms with Gasteiger partial charge in [0.2, 0.25) is 5.95 Å². The molecule has 0 amide bonds. The van der Waals surface area contributed by atoms with Crippen LogP contribution in [0.3, 0.4) is 0 Å². The molecule has 0 radical (unpaired) electrons. The van der Waals surface area contributed by atoms with Gasteiger partial charge in [0, 0.05) is 49.0 Å². The zero-order chi connectivity index (χ0) is 29.3. The predicted molar refractivity (Wildman–Crippen MR) is 169 cm³/mol. The lowest BCUT2D eigenvalue weighted by Crippen LogP contribution is -2.36. The second-order valence-electron chi connectivity index (χ2n) is 10.3. The fraction of sp³-hybridized carbons (Fsp3) is 0.321. The highest BCUT2D eigenvalue weighted by Crippen LogP contribution is 2.42. The third-order valence-corrected chi connectivity index (χ3v) is 8.95. The van der Waals surface area contributed by atoms with Crippen molar-refractivity contribution >= 4 is 63.2 Å². The minimum Gasteiger partial charge on any atom is -0.495 e. The van der Waals surface area contributed by atoms with Crippen LogP contribution in [0.1, 0.15) is 5.56 Å². The Balaban J connectivity index is 1.46. The van der Waals surface area contributed by atoms with Crippen LogP contribution in [0.5, 0.6) is 5.75 Å². The number of hydrogen-bond donors (Lipinski definition) is 2. The summed E-state index contributed by atoms with van der Waals surface area (Å²) in [5.41, 5.74) is 4.28. The Morgan fingerprint density at radius 2 is 1.88 bits per heavy atom. The Kier molecular flexibility index (Phi) is 8.35. The van der Waals surface area contributed by atoms with Crippen LogP contribution in [0.25, 0.3) is 11.3 Å². The van der Waals surface area contributed by atoms with Crippen molar-refractivity contribution in [3.63, 3.8) is 0 Å². The zero-order valence-electron chi connectivity index (χ0n) is 23.7. The van der Waals surface area contributed by atoms with Crippen molar-refractivity contribution < 1.29 is 13.9 Å². The number of rotatable bonds is 8. The molecule has 5 rings (SSSR count). The van der Waals surface area contributed by atoms with E-state index in [-0.39, 0.29) is 5.82 Å². The standard InChI is InChI=1S/C28H33BrFN8O2P/c1-17-13-23(38-9-11-40-12-10-38)24(39-3)14-21(17)34-28-31-15-19(29)27(35-28)33-20-8-7-18(22-16-32-37(2)36-22)25(30)26(20)41(4,5)6/h7-8,13-16H,4,9-12H2,1-3,5-6H3,(H2,31,33,34,35). The SMILES string of the molecule is C=P(C)(C)c1c(Nc2nc(Nc3cc(OC)c(N4CCOCC4)cc3C)ncc2Br)ccc(-c2cnn(C)n2)c1F. The maximum absolute atomic E-state index is 16.0. The average Bonchev–Trinajstić information content (AvgIpc) is 3.37. The second kappa shape index (κ2) is 11.8. The van der Waals surface area contributed by atoms with Gasteiger partial charge in [0.1, 0.15) is 23.1 Å². The molecule has 1 fully saturated rings. The molecule has 2 aromatic heterocycles. The summed E-state index contributed by atoms with van der Waals surface area (Å²) in [5.74, 6) is 1.25. The summed E-state index contributed by atoms with van der Waals surface area (Å²) in [7, 11) is 3.36. The Hall–Kier alpha value is -3.47. The largest absolute Gasteiger partial charge is 0.495 e. The van der Waals surface area contributed by atoms with Gasteiger partial charge in [0.25, 0.3) is 0 Å². The first kappa shape index (κ1) is 29.0. The van der Waals surface area contributed by atoms with Crippen LogP contribution in [-0.2, 0) is 11.8 Å². The highest BCUT2D eigenvalue weighted by molar-refractivity contribution is 9.10. The number of halogens is 2. The van der Waals surface area contributed by atoms with E-state index in [2.05, 4.69) is 59.0 Å². The lowest BCUT2D eigenvalue weighted by molar-refractivity contribution is 0.122. The molecule has 10 nitrogen and oxygen atoms in total. The van der Waals surface area contributed by atoms with Gasteiger partial charge in [-0.05, 0) is 59.9 Å². The molecule has 2 aromatic carbocycles. The monoisotopic (exact) mass is 642 g/mol. The summed E-state index contributed by atoms with van der Waals surface area (Å²) in [6, 6.07) is 7.57. The van der Waals surface area contributed by atoms with Crippen molar-refractivity contribution in [1.82, 2.24) is 25.0 Å². The van der Waals surface area contributed by atoms with E-state index in [1.807, 2.05) is 32.4 Å². The fourth-order valence-electron chi connectivity index (χ4n) is 4.71. The highest BCUT2D eigenvalue weighted by Gasteiger charge is 2.23. The van der Waals surface area contributed by atoms with E-state index in [1.165, 1.54) is 4.80 Å². The minimum atomic E-state index is -2.08. The van der Waals surface area contributed by atoms with Crippen molar-refractivity contribution in [2.45, 2.75) is 6.92 Å². The summed E-state index contributed by atoms with van der Waals surface area (Å²) in [6.45, 7) is 6.87.